The maximum atomic E-state index is 10.1. The van der Waals surface area contributed by atoms with E-state index >= 15 is 0 Å². The minimum absolute atomic E-state index is 0.125. The molecule has 1 aromatic rings. The molecule has 2 aliphatic carbocycles. The van der Waals surface area contributed by atoms with Crippen LogP contribution in [0.2, 0.25) is 0 Å². The highest BCUT2D eigenvalue weighted by molar-refractivity contribution is 5.48. The maximum absolute atomic E-state index is 10.1. The number of phenols is 1. The molecule has 27 heavy (non-hydrogen) atoms. The predicted octanol–water partition coefficient (Wildman–Crippen LogP) is 6.89. The Morgan fingerprint density at radius 1 is 1.00 bits per heavy atom. The first-order chi connectivity index (χ1) is 12.5. The third-order valence-corrected chi connectivity index (χ3v) is 5.94. The average molecular weight is 365 g/mol. The zero-order valence-electron chi connectivity index (χ0n) is 17.4. The van der Waals surface area contributed by atoms with Crippen molar-refractivity contribution in [3.63, 3.8) is 0 Å². The van der Waals surface area contributed by atoms with Crippen molar-refractivity contribution >= 4 is 0 Å². The lowest BCUT2D eigenvalue weighted by atomic mass is 9.63. The van der Waals surface area contributed by atoms with E-state index in [-0.39, 0.29) is 16.7 Å². The fourth-order valence-electron chi connectivity index (χ4n) is 4.88. The van der Waals surface area contributed by atoms with Crippen LogP contribution in [0.3, 0.4) is 0 Å². The van der Waals surface area contributed by atoms with Crippen LogP contribution in [0.4, 0.5) is 0 Å². The number of aryl methyl sites for hydroxylation is 1. The minimum atomic E-state index is -0.143. The normalized spacial score (nSPS) is 25.9. The first kappa shape index (κ1) is 19.5. The van der Waals surface area contributed by atoms with Crippen LogP contribution in [0.5, 0.6) is 5.75 Å². The fourth-order valence-corrected chi connectivity index (χ4v) is 4.88. The van der Waals surface area contributed by atoms with Crippen LogP contribution in [0, 0.1) is 17.8 Å². The van der Waals surface area contributed by atoms with Gasteiger partial charge in [0.25, 0.3) is 0 Å². The maximum Gasteiger partial charge on any atom is 0.118 e. The van der Waals surface area contributed by atoms with Crippen molar-refractivity contribution in [3.8, 4) is 5.75 Å². The third-order valence-electron chi connectivity index (χ3n) is 5.94. The zero-order valence-corrected chi connectivity index (χ0v) is 17.4. The Labute approximate surface area is 163 Å². The topological polar surface area (TPSA) is 40.5 Å². The molecule has 1 aromatic carbocycles. The number of phenolic OH excluding ortho intramolecular Hbond substituents is 1. The van der Waals surface area contributed by atoms with Crippen molar-refractivity contribution in [3.05, 3.63) is 76.1 Å². The van der Waals surface area contributed by atoms with E-state index in [0.717, 1.165) is 24.0 Å². The summed E-state index contributed by atoms with van der Waals surface area (Å²) >= 11 is 0. The van der Waals surface area contributed by atoms with Gasteiger partial charge in [-0.3, -0.25) is 0 Å². The van der Waals surface area contributed by atoms with E-state index in [1.165, 1.54) is 16.7 Å². The molecule has 0 spiro atoms. The lowest BCUT2D eigenvalue weighted by molar-refractivity contribution is 0.337. The molecule has 0 heterocycles. The summed E-state index contributed by atoms with van der Waals surface area (Å²) in [5, 5.41) is 20.1. The van der Waals surface area contributed by atoms with Crippen molar-refractivity contribution in [1.29, 1.82) is 0 Å². The molecular formula is C25H32O2. The second-order valence-electron chi connectivity index (χ2n) is 9.41. The Hall–Kier alpha value is -2.22. The third kappa shape index (κ3) is 3.90. The summed E-state index contributed by atoms with van der Waals surface area (Å²) in [5.41, 5.74) is 5.75. The molecule has 0 aromatic heterocycles. The molecule has 0 saturated carbocycles. The fraction of sp³-hybridized carbons (Fsp3) is 0.440. The summed E-state index contributed by atoms with van der Waals surface area (Å²) in [5.74, 6) is 0.878. The van der Waals surface area contributed by atoms with Gasteiger partial charge in [-0.2, -0.15) is 0 Å². The summed E-state index contributed by atoms with van der Waals surface area (Å²) in [7, 11) is 0. The molecule has 0 fully saturated rings. The van der Waals surface area contributed by atoms with Gasteiger partial charge in [-0.15, -0.1) is 0 Å². The monoisotopic (exact) mass is 364 g/mol. The van der Waals surface area contributed by atoms with Gasteiger partial charge in [0.1, 0.15) is 11.5 Å². The lowest BCUT2D eigenvalue weighted by Gasteiger charge is -2.41. The van der Waals surface area contributed by atoms with Crippen molar-refractivity contribution in [2.45, 2.75) is 60.3 Å². The molecule has 2 atom stereocenters. The van der Waals surface area contributed by atoms with Crippen molar-refractivity contribution in [2.24, 2.45) is 10.8 Å². The van der Waals surface area contributed by atoms with Gasteiger partial charge >= 0.3 is 0 Å². The molecule has 3 rings (SSSR count). The summed E-state index contributed by atoms with van der Waals surface area (Å²) in [4.78, 5) is 0. The molecular weight excluding hydrogens is 332 g/mol. The smallest absolute Gasteiger partial charge is 0.118 e. The van der Waals surface area contributed by atoms with Gasteiger partial charge in [-0.25, -0.2) is 0 Å². The Morgan fingerprint density at radius 2 is 1.70 bits per heavy atom. The van der Waals surface area contributed by atoms with Gasteiger partial charge in [0, 0.05) is 11.3 Å². The highest BCUT2D eigenvalue weighted by atomic mass is 16.3. The molecule has 144 valence electrons. The summed E-state index contributed by atoms with van der Waals surface area (Å²) < 4.78 is 0. The molecule has 2 N–H and O–H groups in total. The average Bonchev–Trinajstić information content (AvgIpc) is 2.53. The summed E-state index contributed by atoms with van der Waals surface area (Å²) in [6.45, 7) is 13.0. The Bertz CT molecular complexity index is 880. The molecule has 0 bridgehead atoms. The highest BCUT2D eigenvalue weighted by Gasteiger charge is 2.38. The van der Waals surface area contributed by atoms with Crippen molar-refractivity contribution in [1.82, 2.24) is 0 Å². The van der Waals surface area contributed by atoms with E-state index < -0.39 is 0 Å². The molecule has 0 amide bonds. The van der Waals surface area contributed by atoms with Gasteiger partial charge in [0.05, 0.1) is 0 Å². The van der Waals surface area contributed by atoms with E-state index in [2.05, 4.69) is 52.0 Å². The van der Waals surface area contributed by atoms with Crippen LogP contribution in [0.25, 0.3) is 0 Å². The van der Waals surface area contributed by atoms with Crippen LogP contribution in [0.15, 0.2) is 65.0 Å². The Morgan fingerprint density at radius 3 is 2.30 bits per heavy atom. The van der Waals surface area contributed by atoms with E-state index in [1.54, 1.807) is 6.07 Å². The number of aliphatic hydroxyl groups excluding tert-OH is 1. The SMILES string of the molecule is CC1=CC(C(c2ccc(O)c(C)c2)C2(C)C=C(C)C(O)=CC2)=CC(C)(C)C1. The summed E-state index contributed by atoms with van der Waals surface area (Å²) in [6.07, 6.45) is 10.8. The number of hydrogen-bond acceptors (Lipinski definition) is 2. The van der Waals surface area contributed by atoms with Gasteiger partial charge in [0.2, 0.25) is 0 Å². The van der Waals surface area contributed by atoms with Crippen LogP contribution >= 0.6 is 0 Å². The van der Waals surface area contributed by atoms with Gasteiger partial charge < -0.3 is 10.2 Å². The second-order valence-corrected chi connectivity index (χ2v) is 9.41. The standard InChI is InChI=1S/C25H32O2/c1-16-11-20(15-24(4,5)13-16)23(19-7-8-21(26)17(2)12-19)25(6)10-9-22(27)18(3)14-25/h7-9,11-12,14-15,23,26-27H,10,13H2,1-6H3. The number of aliphatic hydroxyl groups is 1. The largest absolute Gasteiger partial charge is 0.508 e. The van der Waals surface area contributed by atoms with Crippen LogP contribution in [-0.2, 0) is 0 Å². The molecule has 2 nitrogen and oxygen atoms in total. The van der Waals surface area contributed by atoms with Crippen LogP contribution < -0.4 is 0 Å². The predicted molar refractivity (Wildman–Crippen MR) is 113 cm³/mol. The van der Waals surface area contributed by atoms with Gasteiger partial charge in [0.15, 0.2) is 0 Å². The number of allylic oxidation sites excluding steroid dienone is 7. The molecule has 0 saturated heterocycles. The van der Waals surface area contributed by atoms with Gasteiger partial charge in [-0.1, -0.05) is 56.7 Å². The van der Waals surface area contributed by atoms with Crippen LogP contribution in [-0.4, -0.2) is 10.2 Å². The minimum Gasteiger partial charge on any atom is -0.508 e. The molecule has 2 aliphatic rings. The molecule has 2 unspecified atom stereocenters. The Balaban J connectivity index is 2.19. The second kappa shape index (κ2) is 6.74. The highest BCUT2D eigenvalue weighted by Crippen LogP contribution is 2.51. The zero-order chi connectivity index (χ0) is 20.0. The number of rotatable bonds is 3. The van der Waals surface area contributed by atoms with E-state index in [1.807, 2.05) is 26.0 Å². The number of aromatic hydroxyl groups is 1. The first-order valence-corrected chi connectivity index (χ1v) is 9.79. The van der Waals surface area contributed by atoms with Crippen molar-refractivity contribution < 1.29 is 10.2 Å². The molecule has 0 aliphatic heterocycles. The first-order valence-electron chi connectivity index (χ1n) is 9.79. The van der Waals surface area contributed by atoms with E-state index in [9.17, 15) is 10.2 Å². The lowest BCUT2D eigenvalue weighted by Crippen LogP contribution is -2.29. The molecule has 0 radical (unpaired) electrons. The van der Waals surface area contributed by atoms with E-state index in [4.69, 9.17) is 0 Å². The van der Waals surface area contributed by atoms with Gasteiger partial charge in [-0.05, 0) is 73.4 Å². The van der Waals surface area contributed by atoms with Crippen molar-refractivity contribution in [2.75, 3.05) is 0 Å². The number of benzene rings is 1. The quantitative estimate of drug-likeness (QED) is 0.613. The Kier molecular flexibility index (Phi) is 4.88. The molecule has 2 heteroatoms. The summed E-state index contributed by atoms with van der Waals surface area (Å²) in [6, 6.07) is 5.96. The van der Waals surface area contributed by atoms with E-state index in [0.29, 0.717) is 11.5 Å². The number of hydrogen-bond donors (Lipinski definition) is 2. The van der Waals surface area contributed by atoms with Crippen LogP contribution in [0.1, 0.15) is 64.5 Å².